The van der Waals surface area contributed by atoms with E-state index in [1.54, 1.807) is 31.2 Å². The van der Waals surface area contributed by atoms with Crippen LogP contribution in [0.15, 0.2) is 59.9 Å². The monoisotopic (exact) mass is 428 g/mol. The Bertz CT molecular complexity index is 1140. The number of rotatable bonds is 8. The number of aromatic nitrogens is 3. The van der Waals surface area contributed by atoms with Crippen molar-refractivity contribution in [1.82, 2.24) is 15.0 Å². The van der Waals surface area contributed by atoms with Crippen LogP contribution in [0.4, 0.5) is 11.5 Å². The van der Waals surface area contributed by atoms with Crippen LogP contribution in [0.3, 0.4) is 0 Å². The number of aryl methyl sites for hydroxylation is 2. The zero-order chi connectivity index (χ0) is 21.7. The Kier molecular flexibility index (Phi) is 6.26. The fourth-order valence-corrected chi connectivity index (χ4v) is 4.16. The predicted octanol–water partition coefficient (Wildman–Crippen LogP) is 2.73. The summed E-state index contributed by atoms with van der Waals surface area (Å²) in [4.78, 5) is 23.2. The van der Waals surface area contributed by atoms with Gasteiger partial charge in [0.1, 0.15) is 4.90 Å². The highest BCUT2D eigenvalue weighted by Crippen LogP contribution is 2.35. The van der Waals surface area contributed by atoms with Gasteiger partial charge in [0.05, 0.1) is 24.7 Å². The number of hydrogen-bond donors (Lipinski definition) is 1. The third kappa shape index (κ3) is 4.54. The summed E-state index contributed by atoms with van der Waals surface area (Å²) in [6.45, 7) is 1.72. The van der Waals surface area contributed by atoms with E-state index in [2.05, 4.69) is 15.0 Å². The maximum atomic E-state index is 13.5. The lowest BCUT2D eigenvalue weighted by molar-refractivity contribution is -0.136. The van der Waals surface area contributed by atoms with Crippen molar-refractivity contribution in [3.63, 3.8) is 0 Å². The molecular weight excluding hydrogens is 408 g/mol. The van der Waals surface area contributed by atoms with E-state index in [4.69, 9.17) is 9.84 Å². The average Bonchev–Trinajstić information content (AvgIpc) is 2.74. The third-order valence-corrected chi connectivity index (χ3v) is 5.90. The Morgan fingerprint density at radius 1 is 1.17 bits per heavy atom. The number of pyridine rings is 1. The summed E-state index contributed by atoms with van der Waals surface area (Å²) in [6, 6.07) is 9.50. The Labute approximate surface area is 174 Å². The van der Waals surface area contributed by atoms with Crippen LogP contribution < -0.4 is 9.04 Å². The van der Waals surface area contributed by atoms with Gasteiger partial charge in [-0.25, -0.2) is 22.7 Å². The zero-order valence-corrected chi connectivity index (χ0v) is 17.2. The molecule has 9 nitrogen and oxygen atoms in total. The predicted molar refractivity (Wildman–Crippen MR) is 109 cm³/mol. The average molecular weight is 428 g/mol. The Morgan fingerprint density at radius 3 is 2.50 bits per heavy atom. The summed E-state index contributed by atoms with van der Waals surface area (Å²) in [5, 5.41) is 8.86. The zero-order valence-electron chi connectivity index (χ0n) is 16.4. The molecule has 0 aliphatic heterocycles. The quantitative estimate of drug-likeness (QED) is 0.581. The van der Waals surface area contributed by atoms with Gasteiger partial charge in [-0.1, -0.05) is 12.1 Å². The number of ether oxygens (including phenoxy) is 1. The van der Waals surface area contributed by atoms with Crippen molar-refractivity contribution in [2.75, 3.05) is 11.4 Å². The number of carboxylic acid groups (broad SMARTS) is 1. The summed E-state index contributed by atoms with van der Waals surface area (Å²) in [5.74, 6) is -0.845. The molecular formula is C20H20N4O5S. The van der Waals surface area contributed by atoms with Crippen LogP contribution in [-0.4, -0.2) is 41.6 Å². The molecule has 0 aliphatic rings. The van der Waals surface area contributed by atoms with Crippen LogP contribution in [0.25, 0.3) is 0 Å². The topological polar surface area (TPSA) is 123 Å². The summed E-state index contributed by atoms with van der Waals surface area (Å²) in [7, 11) is -2.71. The van der Waals surface area contributed by atoms with Gasteiger partial charge in [0.15, 0.2) is 0 Å². The second-order valence-corrected chi connectivity index (χ2v) is 8.15. The second-order valence-electron chi connectivity index (χ2n) is 6.36. The second kappa shape index (κ2) is 8.87. The lowest BCUT2D eigenvalue weighted by atomic mass is 10.1. The van der Waals surface area contributed by atoms with Gasteiger partial charge >= 0.3 is 5.97 Å². The van der Waals surface area contributed by atoms with E-state index in [1.807, 2.05) is 0 Å². The SMILES string of the molecule is COc1nc(C)cnc1N(c1ccc(CCC(=O)O)cc1)S(=O)(=O)c1cccnc1. The first-order valence-electron chi connectivity index (χ1n) is 8.96. The van der Waals surface area contributed by atoms with Crippen LogP contribution in [-0.2, 0) is 21.2 Å². The number of anilines is 2. The molecule has 0 bridgehead atoms. The number of hydrogen-bond acceptors (Lipinski definition) is 7. The van der Waals surface area contributed by atoms with E-state index in [-0.39, 0.29) is 23.0 Å². The van der Waals surface area contributed by atoms with Crippen LogP contribution in [0.5, 0.6) is 5.88 Å². The van der Waals surface area contributed by atoms with Crippen molar-refractivity contribution >= 4 is 27.5 Å². The summed E-state index contributed by atoms with van der Waals surface area (Å²) in [5.41, 5.74) is 1.63. The van der Waals surface area contributed by atoms with Crippen LogP contribution in [0, 0.1) is 6.92 Å². The summed E-state index contributed by atoms with van der Waals surface area (Å²) >= 11 is 0. The van der Waals surface area contributed by atoms with Crippen molar-refractivity contribution in [2.45, 2.75) is 24.7 Å². The molecule has 0 atom stereocenters. The van der Waals surface area contributed by atoms with Crippen molar-refractivity contribution in [1.29, 1.82) is 0 Å². The molecule has 1 N–H and O–H groups in total. The summed E-state index contributed by atoms with van der Waals surface area (Å²) in [6.07, 6.45) is 4.49. The number of carbonyl (C=O) groups is 1. The van der Waals surface area contributed by atoms with E-state index in [9.17, 15) is 13.2 Å². The standard InChI is InChI=1S/C20H20N4O5S/c1-14-12-22-19(20(23-14)29-2)24(30(27,28)17-4-3-11-21-13-17)16-8-5-15(6-9-16)7-10-18(25)26/h3-6,8-9,11-13H,7,10H2,1-2H3,(H,25,26). The number of carboxylic acids is 1. The van der Waals surface area contributed by atoms with Gasteiger partial charge in [0.2, 0.25) is 5.82 Å². The lowest BCUT2D eigenvalue weighted by Crippen LogP contribution is -2.28. The highest BCUT2D eigenvalue weighted by molar-refractivity contribution is 7.93. The smallest absolute Gasteiger partial charge is 0.303 e. The van der Waals surface area contributed by atoms with Crippen molar-refractivity contribution in [3.8, 4) is 5.88 Å². The van der Waals surface area contributed by atoms with Crippen molar-refractivity contribution in [2.24, 2.45) is 0 Å². The number of methoxy groups -OCH3 is 1. The molecule has 0 aliphatic carbocycles. The minimum Gasteiger partial charge on any atom is -0.481 e. The first kappa shape index (κ1) is 21.2. The maximum absolute atomic E-state index is 13.5. The molecule has 3 rings (SSSR count). The minimum absolute atomic E-state index is 0.00485. The van der Waals surface area contributed by atoms with Gasteiger partial charge in [-0.15, -0.1) is 0 Å². The van der Waals surface area contributed by atoms with Crippen molar-refractivity contribution in [3.05, 3.63) is 66.2 Å². The van der Waals surface area contributed by atoms with Gasteiger partial charge in [-0.05, 0) is 43.2 Å². The molecule has 0 spiro atoms. The van der Waals surface area contributed by atoms with Gasteiger partial charge in [0, 0.05) is 18.8 Å². The normalized spacial score (nSPS) is 11.1. The Hall–Kier alpha value is -3.53. The molecule has 10 heteroatoms. The molecule has 2 aromatic heterocycles. The largest absolute Gasteiger partial charge is 0.481 e. The first-order chi connectivity index (χ1) is 14.3. The fourth-order valence-electron chi connectivity index (χ4n) is 2.75. The molecule has 0 radical (unpaired) electrons. The van der Waals surface area contributed by atoms with E-state index in [1.165, 1.54) is 37.8 Å². The van der Waals surface area contributed by atoms with E-state index < -0.39 is 16.0 Å². The Morgan fingerprint density at radius 2 is 1.90 bits per heavy atom. The number of sulfonamides is 1. The molecule has 0 fully saturated rings. The maximum Gasteiger partial charge on any atom is 0.303 e. The molecule has 0 amide bonds. The summed E-state index contributed by atoms with van der Waals surface area (Å²) < 4.78 is 33.3. The minimum atomic E-state index is -4.10. The number of nitrogens with zero attached hydrogens (tertiary/aromatic N) is 4. The highest BCUT2D eigenvalue weighted by atomic mass is 32.2. The molecule has 1 aromatic carbocycles. The van der Waals surface area contributed by atoms with Gasteiger partial charge in [-0.2, -0.15) is 0 Å². The molecule has 0 saturated heterocycles. The number of aliphatic carboxylic acids is 1. The first-order valence-corrected chi connectivity index (χ1v) is 10.4. The molecule has 0 saturated carbocycles. The van der Waals surface area contributed by atoms with E-state index in [0.29, 0.717) is 17.8 Å². The molecule has 156 valence electrons. The van der Waals surface area contributed by atoms with Crippen LogP contribution in [0.1, 0.15) is 17.7 Å². The number of benzene rings is 1. The van der Waals surface area contributed by atoms with Crippen LogP contribution in [0.2, 0.25) is 0 Å². The Balaban J connectivity index is 2.13. The molecule has 30 heavy (non-hydrogen) atoms. The lowest BCUT2D eigenvalue weighted by Gasteiger charge is -2.24. The fraction of sp³-hybridized carbons (Fsp3) is 0.200. The highest BCUT2D eigenvalue weighted by Gasteiger charge is 2.31. The molecule has 0 unspecified atom stereocenters. The van der Waals surface area contributed by atoms with Gasteiger partial charge in [0.25, 0.3) is 15.9 Å². The van der Waals surface area contributed by atoms with E-state index in [0.717, 1.165) is 9.87 Å². The molecule has 2 heterocycles. The third-order valence-electron chi connectivity index (χ3n) is 4.20. The van der Waals surface area contributed by atoms with E-state index >= 15 is 0 Å². The molecule has 3 aromatic rings. The van der Waals surface area contributed by atoms with Gasteiger partial charge < -0.3 is 9.84 Å². The van der Waals surface area contributed by atoms with Crippen molar-refractivity contribution < 1.29 is 23.1 Å². The van der Waals surface area contributed by atoms with Crippen LogP contribution >= 0.6 is 0 Å². The van der Waals surface area contributed by atoms with Gasteiger partial charge in [-0.3, -0.25) is 9.78 Å².